The fraction of sp³-hybridized carbons (Fsp3) is 0.192. The number of fused-ring (bicyclic) bond motifs is 6. The van der Waals surface area contributed by atoms with Gasteiger partial charge in [0.05, 0.1) is 11.0 Å². The molecule has 1 spiro atoms. The molecule has 13 rings (SSSR count). The Hall–Kier alpha value is -5.86. The molecular weight excluding hydrogens is 653 g/mol. The number of anilines is 3. The highest BCUT2D eigenvalue weighted by Crippen LogP contribution is 2.69. The van der Waals surface area contributed by atoms with Gasteiger partial charge in [0.1, 0.15) is 0 Å². The highest BCUT2D eigenvalue weighted by Gasteiger charge is 2.61. The van der Waals surface area contributed by atoms with Crippen molar-refractivity contribution in [3.63, 3.8) is 0 Å². The summed E-state index contributed by atoms with van der Waals surface area (Å²) in [5.41, 5.74) is 15.9. The first-order chi connectivity index (χ1) is 26.7. The van der Waals surface area contributed by atoms with Gasteiger partial charge in [0.15, 0.2) is 0 Å². The highest BCUT2D eigenvalue weighted by molar-refractivity contribution is 6.09. The number of hydrogen-bond acceptors (Lipinski definition) is 1. The van der Waals surface area contributed by atoms with Crippen molar-refractivity contribution in [3.8, 4) is 27.9 Å². The quantitative estimate of drug-likeness (QED) is 0.174. The number of nitrogens with zero attached hydrogens (tertiary/aromatic N) is 2. The minimum atomic E-state index is 0.167. The summed E-state index contributed by atoms with van der Waals surface area (Å²) in [6.45, 7) is 0. The Kier molecular flexibility index (Phi) is 6.55. The molecule has 1 aromatic heterocycles. The van der Waals surface area contributed by atoms with Crippen molar-refractivity contribution in [3.05, 3.63) is 181 Å². The maximum atomic E-state index is 2.55. The molecule has 260 valence electrons. The molecule has 0 amide bonds. The number of aromatic nitrogens is 1. The topological polar surface area (TPSA) is 8.17 Å². The molecule has 5 aliphatic rings. The van der Waals surface area contributed by atoms with Crippen molar-refractivity contribution in [1.82, 2.24) is 4.57 Å². The zero-order valence-corrected chi connectivity index (χ0v) is 30.4. The van der Waals surface area contributed by atoms with E-state index in [1.807, 2.05) is 0 Å². The van der Waals surface area contributed by atoms with Crippen LogP contribution in [0, 0.1) is 23.7 Å². The van der Waals surface area contributed by atoms with Crippen LogP contribution in [0.25, 0.3) is 49.7 Å². The SMILES string of the molecule is c1ccc(-c2cccc(N(c3ccc(-n4c5ccccc5c5ccccc54)cc3)c3ccc4c(c3)-c3ccccc3C43C4CC5CC(C4)CC3C5)c2)cc1. The van der Waals surface area contributed by atoms with E-state index in [1.165, 1.54) is 87.5 Å². The fourth-order valence-electron chi connectivity index (χ4n) is 12.1. The molecule has 0 radical (unpaired) electrons. The van der Waals surface area contributed by atoms with Gasteiger partial charge in [0, 0.05) is 38.9 Å². The molecule has 5 aliphatic carbocycles. The van der Waals surface area contributed by atoms with Crippen LogP contribution in [-0.2, 0) is 5.41 Å². The second-order valence-corrected chi connectivity index (χ2v) is 16.6. The molecule has 8 aromatic rings. The summed E-state index contributed by atoms with van der Waals surface area (Å²) in [5, 5.41) is 2.57. The third kappa shape index (κ3) is 4.28. The lowest BCUT2D eigenvalue weighted by molar-refractivity contribution is -0.0399. The average Bonchev–Trinajstić information content (AvgIpc) is 3.71. The van der Waals surface area contributed by atoms with Gasteiger partial charge in [-0.2, -0.15) is 0 Å². The van der Waals surface area contributed by atoms with Crippen LogP contribution < -0.4 is 4.90 Å². The Morgan fingerprint density at radius 3 is 1.72 bits per heavy atom. The van der Waals surface area contributed by atoms with Crippen LogP contribution in [0.3, 0.4) is 0 Å². The van der Waals surface area contributed by atoms with Crippen molar-refractivity contribution in [1.29, 1.82) is 0 Å². The van der Waals surface area contributed by atoms with E-state index < -0.39 is 0 Å². The summed E-state index contributed by atoms with van der Waals surface area (Å²) in [7, 11) is 0. The second kappa shape index (κ2) is 11.6. The molecule has 2 nitrogen and oxygen atoms in total. The van der Waals surface area contributed by atoms with Gasteiger partial charge in [0.2, 0.25) is 0 Å². The zero-order chi connectivity index (χ0) is 35.4. The summed E-state index contributed by atoms with van der Waals surface area (Å²) in [6, 6.07) is 63.6. The average molecular weight is 695 g/mol. The van der Waals surface area contributed by atoms with E-state index in [1.54, 1.807) is 11.1 Å². The van der Waals surface area contributed by atoms with E-state index in [0.717, 1.165) is 35.0 Å². The van der Waals surface area contributed by atoms with E-state index in [4.69, 9.17) is 0 Å². The molecule has 0 unspecified atom stereocenters. The lowest BCUT2D eigenvalue weighted by Crippen LogP contribution is -2.55. The van der Waals surface area contributed by atoms with E-state index in [9.17, 15) is 0 Å². The summed E-state index contributed by atoms with van der Waals surface area (Å²) < 4.78 is 2.41. The van der Waals surface area contributed by atoms with Crippen molar-refractivity contribution in [2.75, 3.05) is 4.90 Å². The Balaban J connectivity index is 1.03. The number of para-hydroxylation sites is 2. The fourth-order valence-corrected chi connectivity index (χ4v) is 12.1. The highest BCUT2D eigenvalue weighted by atomic mass is 15.1. The molecule has 1 heterocycles. The normalized spacial score (nSPS) is 23.3. The lowest BCUT2D eigenvalue weighted by Gasteiger charge is -2.61. The van der Waals surface area contributed by atoms with Crippen LogP contribution in [0.1, 0.15) is 43.2 Å². The standard InChI is InChI=1S/C52H42N2/c1-2-11-36(12-3-1)37-13-10-14-42(32-37)53(40-21-23-41(24-22-40)54-50-19-8-5-16-45(50)46-17-6-9-20-51(46)54)43-25-26-49-47(33-43)44-15-4-7-18-48(44)52(49)38-28-34-27-35(30-38)31-39(52)29-34/h1-26,32-35,38-39H,27-31H2. The Labute approximate surface area is 317 Å². The summed E-state index contributed by atoms with van der Waals surface area (Å²) in [6.07, 6.45) is 7.08. The lowest BCUT2D eigenvalue weighted by atomic mass is 9.43. The maximum absolute atomic E-state index is 2.55. The van der Waals surface area contributed by atoms with Crippen molar-refractivity contribution < 1.29 is 0 Å². The molecule has 4 fully saturated rings. The Morgan fingerprint density at radius 2 is 1.00 bits per heavy atom. The Morgan fingerprint density at radius 1 is 0.426 bits per heavy atom. The van der Waals surface area contributed by atoms with Crippen LogP contribution in [0.15, 0.2) is 170 Å². The third-order valence-electron chi connectivity index (χ3n) is 14.0. The summed E-state index contributed by atoms with van der Waals surface area (Å²) >= 11 is 0. The molecule has 2 heteroatoms. The summed E-state index contributed by atoms with van der Waals surface area (Å²) in [5.74, 6) is 3.39. The van der Waals surface area contributed by atoms with Gasteiger partial charge in [-0.25, -0.2) is 0 Å². The summed E-state index contributed by atoms with van der Waals surface area (Å²) in [4.78, 5) is 2.48. The first-order valence-electron chi connectivity index (χ1n) is 20.0. The predicted octanol–water partition coefficient (Wildman–Crippen LogP) is 13.6. The van der Waals surface area contributed by atoms with E-state index in [-0.39, 0.29) is 5.41 Å². The number of benzene rings is 7. The monoisotopic (exact) mass is 694 g/mol. The van der Waals surface area contributed by atoms with Crippen LogP contribution in [0.4, 0.5) is 17.1 Å². The molecule has 0 aliphatic heterocycles. The van der Waals surface area contributed by atoms with Gasteiger partial charge < -0.3 is 9.47 Å². The first-order valence-corrected chi connectivity index (χ1v) is 20.0. The van der Waals surface area contributed by atoms with Gasteiger partial charge in [-0.3, -0.25) is 0 Å². The zero-order valence-electron chi connectivity index (χ0n) is 30.4. The molecule has 0 atom stereocenters. The predicted molar refractivity (Wildman–Crippen MR) is 224 cm³/mol. The smallest absolute Gasteiger partial charge is 0.0541 e. The second-order valence-electron chi connectivity index (χ2n) is 16.6. The molecule has 0 saturated heterocycles. The minimum Gasteiger partial charge on any atom is -0.310 e. The molecular formula is C52H42N2. The van der Waals surface area contributed by atoms with Gasteiger partial charge in [-0.1, -0.05) is 109 Å². The first kappa shape index (κ1) is 30.6. The van der Waals surface area contributed by atoms with E-state index >= 15 is 0 Å². The van der Waals surface area contributed by atoms with Gasteiger partial charge >= 0.3 is 0 Å². The van der Waals surface area contributed by atoms with Crippen molar-refractivity contribution in [2.45, 2.75) is 37.5 Å². The third-order valence-corrected chi connectivity index (χ3v) is 14.0. The number of hydrogen-bond donors (Lipinski definition) is 0. The molecule has 0 N–H and O–H groups in total. The van der Waals surface area contributed by atoms with Gasteiger partial charge in [-0.05, 0) is 150 Å². The maximum Gasteiger partial charge on any atom is 0.0541 e. The van der Waals surface area contributed by atoms with Crippen LogP contribution in [0.5, 0.6) is 0 Å². The van der Waals surface area contributed by atoms with Crippen LogP contribution in [-0.4, -0.2) is 4.57 Å². The molecule has 4 saturated carbocycles. The largest absolute Gasteiger partial charge is 0.310 e. The van der Waals surface area contributed by atoms with Crippen LogP contribution in [0.2, 0.25) is 0 Å². The van der Waals surface area contributed by atoms with Gasteiger partial charge in [-0.15, -0.1) is 0 Å². The minimum absolute atomic E-state index is 0.167. The van der Waals surface area contributed by atoms with E-state index in [2.05, 4.69) is 179 Å². The molecule has 7 aromatic carbocycles. The molecule has 54 heavy (non-hydrogen) atoms. The van der Waals surface area contributed by atoms with Crippen molar-refractivity contribution in [2.24, 2.45) is 23.7 Å². The molecule has 4 bridgehead atoms. The number of rotatable bonds is 5. The Bertz CT molecular complexity index is 2650. The van der Waals surface area contributed by atoms with E-state index in [0.29, 0.717) is 0 Å². The van der Waals surface area contributed by atoms with Crippen LogP contribution >= 0.6 is 0 Å². The van der Waals surface area contributed by atoms with Crippen molar-refractivity contribution >= 4 is 38.9 Å². The van der Waals surface area contributed by atoms with Gasteiger partial charge in [0.25, 0.3) is 0 Å².